The van der Waals surface area contributed by atoms with Gasteiger partial charge in [-0.1, -0.05) is 12.7 Å². The summed E-state index contributed by atoms with van der Waals surface area (Å²) in [5, 5.41) is 11.2. The number of aromatic carboxylic acids is 1. The third kappa shape index (κ3) is 3.92. The number of benzene rings is 1. The number of carbonyl (C=O) groups excluding carboxylic acids is 1. The smallest absolute Gasteiger partial charge is 0.411 e. The summed E-state index contributed by atoms with van der Waals surface area (Å²) in [5.41, 5.74) is 0.409. The summed E-state index contributed by atoms with van der Waals surface area (Å²) in [6.45, 7) is 3.49. The van der Waals surface area contributed by atoms with Crippen LogP contribution in [0.4, 0.5) is 10.5 Å². The molecule has 5 nitrogen and oxygen atoms in total. The molecule has 90 valence electrons. The maximum Gasteiger partial charge on any atom is 0.411 e. The highest BCUT2D eigenvalue weighted by Gasteiger charge is 2.09. The van der Waals surface area contributed by atoms with Crippen molar-refractivity contribution in [1.29, 1.82) is 0 Å². The maximum atomic E-state index is 11.3. The number of ether oxygens (including phenoxy) is 1. The van der Waals surface area contributed by atoms with Crippen molar-refractivity contribution in [2.75, 3.05) is 11.9 Å². The van der Waals surface area contributed by atoms with E-state index >= 15 is 0 Å². The Morgan fingerprint density at radius 3 is 2.82 bits per heavy atom. The zero-order valence-corrected chi connectivity index (χ0v) is 10.4. The van der Waals surface area contributed by atoms with E-state index in [1.54, 1.807) is 0 Å². The van der Waals surface area contributed by atoms with Crippen LogP contribution in [0.15, 0.2) is 35.3 Å². The van der Waals surface area contributed by atoms with E-state index in [-0.39, 0.29) is 12.2 Å². The van der Waals surface area contributed by atoms with Crippen molar-refractivity contribution in [1.82, 2.24) is 0 Å². The molecular formula is C11H10BrNO4. The van der Waals surface area contributed by atoms with Crippen molar-refractivity contribution < 1.29 is 19.4 Å². The van der Waals surface area contributed by atoms with Gasteiger partial charge in [-0.2, -0.15) is 0 Å². The van der Waals surface area contributed by atoms with Crippen LogP contribution in [0.2, 0.25) is 0 Å². The van der Waals surface area contributed by atoms with Gasteiger partial charge in [0.2, 0.25) is 0 Å². The zero-order valence-electron chi connectivity index (χ0n) is 8.77. The first-order valence-corrected chi connectivity index (χ1v) is 5.41. The molecule has 0 aromatic heterocycles. The Morgan fingerprint density at radius 2 is 2.24 bits per heavy atom. The van der Waals surface area contributed by atoms with Crippen LogP contribution in [-0.2, 0) is 4.74 Å². The summed E-state index contributed by atoms with van der Waals surface area (Å²) >= 11 is 3.19. The Kier molecular flexibility index (Phi) is 4.71. The van der Waals surface area contributed by atoms with E-state index in [1.807, 2.05) is 0 Å². The van der Waals surface area contributed by atoms with Crippen LogP contribution in [0.1, 0.15) is 10.4 Å². The lowest BCUT2D eigenvalue weighted by atomic mass is 10.2. The summed E-state index contributed by atoms with van der Waals surface area (Å²) in [6, 6.07) is 4.29. The predicted octanol–water partition coefficient (Wildman–Crippen LogP) is 2.88. The molecule has 0 aliphatic heterocycles. The average Bonchev–Trinajstić information content (AvgIpc) is 2.29. The van der Waals surface area contributed by atoms with Crippen LogP contribution in [0.3, 0.4) is 0 Å². The minimum absolute atomic E-state index is 0.0761. The molecule has 0 saturated carbocycles. The van der Waals surface area contributed by atoms with Crippen LogP contribution >= 0.6 is 15.9 Å². The van der Waals surface area contributed by atoms with Crippen molar-refractivity contribution in [3.63, 3.8) is 0 Å². The SMILES string of the molecule is C=CCOC(=O)Nc1cc(C(=O)O)ccc1Br. The van der Waals surface area contributed by atoms with Crippen LogP contribution in [-0.4, -0.2) is 23.8 Å². The Morgan fingerprint density at radius 1 is 1.53 bits per heavy atom. The molecule has 0 aliphatic carbocycles. The molecule has 0 bridgehead atoms. The molecule has 1 aromatic rings. The summed E-state index contributed by atoms with van der Waals surface area (Å²) < 4.78 is 5.28. The summed E-state index contributed by atoms with van der Waals surface area (Å²) in [6.07, 6.45) is 0.760. The van der Waals surface area contributed by atoms with Crippen LogP contribution in [0, 0.1) is 0 Å². The lowest BCUT2D eigenvalue weighted by molar-refractivity contribution is 0.0697. The number of hydrogen-bond donors (Lipinski definition) is 2. The molecule has 0 heterocycles. The van der Waals surface area contributed by atoms with Gasteiger partial charge in [0.15, 0.2) is 0 Å². The van der Waals surface area contributed by atoms with Gasteiger partial charge in [0.25, 0.3) is 0 Å². The second-order valence-electron chi connectivity index (χ2n) is 3.01. The molecule has 17 heavy (non-hydrogen) atoms. The number of anilines is 1. The van der Waals surface area contributed by atoms with Crippen LogP contribution < -0.4 is 5.32 Å². The Balaban J connectivity index is 2.82. The molecule has 1 rings (SSSR count). The number of amides is 1. The van der Waals surface area contributed by atoms with E-state index in [4.69, 9.17) is 9.84 Å². The zero-order chi connectivity index (χ0) is 12.8. The lowest BCUT2D eigenvalue weighted by Gasteiger charge is -2.08. The molecule has 1 aromatic carbocycles. The monoisotopic (exact) mass is 299 g/mol. The first-order valence-electron chi connectivity index (χ1n) is 4.62. The molecule has 0 aliphatic rings. The molecule has 0 fully saturated rings. The van der Waals surface area contributed by atoms with Crippen molar-refractivity contribution in [2.45, 2.75) is 0 Å². The van der Waals surface area contributed by atoms with Gasteiger partial charge < -0.3 is 9.84 Å². The van der Waals surface area contributed by atoms with E-state index in [0.29, 0.717) is 10.2 Å². The average molecular weight is 300 g/mol. The Hall–Kier alpha value is -1.82. The van der Waals surface area contributed by atoms with Gasteiger partial charge >= 0.3 is 12.1 Å². The van der Waals surface area contributed by atoms with Gasteiger partial charge in [0, 0.05) is 4.47 Å². The van der Waals surface area contributed by atoms with E-state index in [9.17, 15) is 9.59 Å². The summed E-state index contributed by atoms with van der Waals surface area (Å²) in [4.78, 5) is 22.0. The molecule has 6 heteroatoms. The number of carbonyl (C=O) groups is 2. The van der Waals surface area contributed by atoms with E-state index in [1.165, 1.54) is 24.3 Å². The Labute approximate surface area is 106 Å². The molecule has 1 amide bonds. The Bertz CT molecular complexity index is 459. The van der Waals surface area contributed by atoms with E-state index < -0.39 is 12.1 Å². The van der Waals surface area contributed by atoms with Gasteiger partial charge in [0.1, 0.15) is 6.61 Å². The highest BCUT2D eigenvalue weighted by atomic mass is 79.9. The van der Waals surface area contributed by atoms with Gasteiger partial charge in [-0.3, -0.25) is 5.32 Å². The normalized spacial score (nSPS) is 9.47. The number of hydrogen-bond acceptors (Lipinski definition) is 3. The number of carboxylic acid groups (broad SMARTS) is 1. The molecule has 2 N–H and O–H groups in total. The minimum atomic E-state index is -1.07. The second-order valence-corrected chi connectivity index (χ2v) is 3.87. The first-order chi connectivity index (χ1) is 8.04. The van der Waals surface area contributed by atoms with Gasteiger partial charge in [-0.05, 0) is 34.1 Å². The highest BCUT2D eigenvalue weighted by molar-refractivity contribution is 9.10. The highest BCUT2D eigenvalue weighted by Crippen LogP contribution is 2.23. The van der Waals surface area contributed by atoms with Crippen molar-refractivity contribution in [3.8, 4) is 0 Å². The predicted molar refractivity (Wildman–Crippen MR) is 66.3 cm³/mol. The fourth-order valence-corrected chi connectivity index (χ4v) is 1.38. The van der Waals surface area contributed by atoms with Crippen molar-refractivity contribution in [2.24, 2.45) is 0 Å². The summed E-state index contributed by atoms with van der Waals surface area (Å²) in [7, 11) is 0. The van der Waals surface area contributed by atoms with Gasteiger partial charge in [-0.25, -0.2) is 9.59 Å². The van der Waals surface area contributed by atoms with E-state index in [2.05, 4.69) is 27.8 Å². The fraction of sp³-hybridized carbons (Fsp3) is 0.0909. The first kappa shape index (κ1) is 13.2. The molecule has 0 atom stereocenters. The summed E-state index contributed by atoms with van der Waals surface area (Å²) in [5.74, 6) is -1.07. The van der Waals surface area contributed by atoms with E-state index in [0.717, 1.165) is 0 Å². The number of rotatable bonds is 4. The second kappa shape index (κ2) is 6.05. The van der Waals surface area contributed by atoms with Crippen molar-refractivity contribution in [3.05, 3.63) is 40.9 Å². The van der Waals surface area contributed by atoms with Crippen LogP contribution in [0.25, 0.3) is 0 Å². The topological polar surface area (TPSA) is 75.6 Å². The standard InChI is InChI=1S/C11H10BrNO4/c1-2-5-17-11(16)13-9-6-7(10(14)15)3-4-8(9)12/h2-4,6H,1,5H2,(H,13,16)(H,14,15). The quantitative estimate of drug-likeness (QED) is 0.838. The fourth-order valence-electron chi connectivity index (χ4n) is 1.03. The third-order valence-corrected chi connectivity index (χ3v) is 2.47. The number of halogens is 1. The number of carboxylic acids is 1. The molecule has 0 saturated heterocycles. The molecular weight excluding hydrogens is 290 g/mol. The van der Waals surface area contributed by atoms with Crippen LogP contribution in [0.5, 0.6) is 0 Å². The van der Waals surface area contributed by atoms with Gasteiger partial charge in [0.05, 0.1) is 11.3 Å². The van der Waals surface area contributed by atoms with Gasteiger partial charge in [-0.15, -0.1) is 0 Å². The van der Waals surface area contributed by atoms with Crippen molar-refractivity contribution >= 4 is 33.7 Å². The molecule has 0 unspecified atom stereocenters. The number of nitrogens with one attached hydrogen (secondary N) is 1. The molecule has 0 radical (unpaired) electrons. The minimum Gasteiger partial charge on any atom is -0.478 e. The largest absolute Gasteiger partial charge is 0.478 e. The maximum absolute atomic E-state index is 11.3. The third-order valence-electron chi connectivity index (χ3n) is 1.78. The molecule has 0 spiro atoms. The lowest BCUT2D eigenvalue weighted by Crippen LogP contribution is -2.14.